The first-order chi connectivity index (χ1) is 9.26. The van der Waals surface area contributed by atoms with Crippen molar-refractivity contribution < 1.29 is 9.53 Å². The zero-order chi connectivity index (χ0) is 13.7. The maximum absolute atomic E-state index is 12.1. The lowest BCUT2D eigenvalue weighted by atomic mass is 9.83. The Morgan fingerprint density at radius 1 is 1.37 bits per heavy atom. The Kier molecular flexibility index (Phi) is 5.64. The molecular weight excluding hydrogens is 240 g/mol. The van der Waals surface area contributed by atoms with Crippen LogP contribution in [0.2, 0.25) is 0 Å². The van der Waals surface area contributed by atoms with Crippen LogP contribution in [0.3, 0.4) is 0 Å². The van der Waals surface area contributed by atoms with Gasteiger partial charge in [-0.15, -0.1) is 0 Å². The molecule has 2 aliphatic rings. The third kappa shape index (κ3) is 3.69. The van der Waals surface area contributed by atoms with Crippen molar-refractivity contribution in [2.75, 3.05) is 26.2 Å². The van der Waals surface area contributed by atoms with E-state index in [1.807, 2.05) is 6.92 Å². The minimum absolute atomic E-state index is 0.0479. The van der Waals surface area contributed by atoms with E-state index in [2.05, 4.69) is 17.1 Å². The van der Waals surface area contributed by atoms with E-state index in [9.17, 15) is 4.79 Å². The van der Waals surface area contributed by atoms with Crippen molar-refractivity contribution in [2.24, 2.45) is 5.92 Å². The molecule has 0 aromatic carbocycles. The molecule has 1 saturated carbocycles. The van der Waals surface area contributed by atoms with Gasteiger partial charge in [0.1, 0.15) is 6.04 Å². The second kappa shape index (κ2) is 7.25. The lowest BCUT2D eigenvalue weighted by Crippen LogP contribution is -2.59. The first-order valence-corrected chi connectivity index (χ1v) is 7.89. The van der Waals surface area contributed by atoms with Gasteiger partial charge in [-0.3, -0.25) is 9.69 Å². The van der Waals surface area contributed by atoms with Gasteiger partial charge in [0, 0.05) is 25.7 Å². The van der Waals surface area contributed by atoms with Crippen LogP contribution in [0.15, 0.2) is 0 Å². The zero-order valence-electron chi connectivity index (χ0n) is 12.4. The highest BCUT2D eigenvalue weighted by molar-refractivity contribution is 5.76. The number of ether oxygens (including phenoxy) is 1. The fraction of sp³-hybridized carbons (Fsp3) is 0.933. The molecule has 0 aromatic heterocycles. The maximum atomic E-state index is 12.1. The average molecular weight is 268 g/mol. The average Bonchev–Trinajstić information content (AvgIpc) is 2.47. The van der Waals surface area contributed by atoms with Crippen LogP contribution in [0.25, 0.3) is 0 Å². The van der Waals surface area contributed by atoms with Gasteiger partial charge in [-0.25, -0.2) is 0 Å². The molecule has 4 heteroatoms. The minimum atomic E-state index is -0.0747. The monoisotopic (exact) mass is 268 g/mol. The highest BCUT2D eigenvalue weighted by Crippen LogP contribution is 2.31. The molecule has 0 bridgehead atoms. The molecule has 1 N–H and O–H groups in total. The van der Waals surface area contributed by atoms with E-state index in [-0.39, 0.29) is 12.0 Å². The molecule has 3 unspecified atom stereocenters. The molecule has 4 nitrogen and oxygen atoms in total. The van der Waals surface area contributed by atoms with Gasteiger partial charge in [-0.2, -0.15) is 0 Å². The Morgan fingerprint density at radius 3 is 2.95 bits per heavy atom. The van der Waals surface area contributed by atoms with Gasteiger partial charge < -0.3 is 10.1 Å². The van der Waals surface area contributed by atoms with Crippen molar-refractivity contribution in [3.8, 4) is 0 Å². The first-order valence-electron chi connectivity index (χ1n) is 7.89. The predicted molar refractivity (Wildman–Crippen MR) is 76.0 cm³/mol. The van der Waals surface area contributed by atoms with Gasteiger partial charge in [-0.1, -0.05) is 26.2 Å². The maximum Gasteiger partial charge on any atom is 0.324 e. The summed E-state index contributed by atoms with van der Waals surface area (Å²) in [4.78, 5) is 14.5. The molecule has 0 spiro atoms. The highest BCUT2D eigenvalue weighted by Gasteiger charge is 2.36. The summed E-state index contributed by atoms with van der Waals surface area (Å²) < 4.78 is 5.23. The van der Waals surface area contributed by atoms with Crippen molar-refractivity contribution in [2.45, 2.75) is 58.0 Å². The van der Waals surface area contributed by atoms with Crippen molar-refractivity contribution >= 4 is 5.97 Å². The number of esters is 1. The quantitative estimate of drug-likeness (QED) is 0.789. The number of rotatable bonds is 4. The predicted octanol–water partition coefficient (Wildman–Crippen LogP) is 1.79. The molecular formula is C15H28N2O2. The number of carbonyl (C=O) groups excluding carboxylic acids is 1. The molecule has 19 heavy (non-hydrogen) atoms. The second-order valence-corrected chi connectivity index (χ2v) is 5.80. The fourth-order valence-electron chi connectivity index (χ4n) is 3.55. The van der Waals surface area contributed by atoms with Gasteiger partial charge in [-0.05, 0) is 25.7 Å². The van der Waals surface area contributed by atoms with E-state index < -0.39 is 0 Å². The Hall–Kier alpha value is -0.610. The fourth-order valence-corrected chi connectivity index (χ4v) is 3.55. The van der Waals surface area contributed by atoms with Crippen LogP contribution in [0.1, 0.15) is 46.0 Å². The van der Waals surface area contributed by atoms with Crippen LogP contribution in [-0.2, 0) is 9.53 Å². The third-order valence-electron chi connectivity index (χ3n) is 4.64. The van der Waals surface area contributed by atoms with Gasteiger partial charge >= 0.3 is 5.97 Å². The molecule has 1 aliphatic carbocycles. The SMILES string of the molecule is CCOC(=O)C1CNCCN1C1CCCC(CC)C1. The van der Waals surface area contributed by atoms with Crippen LogP contribution < -0.4 is 5.32 Å². The van der Waals surface area contributed by atoms with E-state index in [1.54, 1.807) is 0 Å². The molecule has 110 valence electrons. The molecule has 1 heterocycles. The number of nitrogens with one attached hydrogen (secondary N) is 1. The zero-order valence-corrected chi connectivity index (χ0v) is 12.4. The van der Waals surface area contributed by atoms with Crippen molar-refractivity contribution in [3.63, 3.8) is 0 Å². The summed E-state index contributed by atoms with van der Waals surface area (Å²) in [6.07, 6.45) is 6.44. The summed E-state index contributed by atoms with van der Waals surface area (Å²) >= 11 is 0. The molecule has 3 atom stereocenters. The number of piperazine rings is 1. The van der Waals surface area contributed by atoms with Crippen molar-refractivity contribution in [1.82, 2.24) is 10.2 Å². The minimum Gasteiger partial charge on any atom is -0.465 e. The van der Waals surface area contributed by atoms with Gasteiger partial charge in [0.25, 0.3) is 0 Å². The third-order valence-corrected chi connectivity index (χ3v) is 4.64. The summed E-state index contributed by atoms with van der Waals surface area (Å²) in [5.74, 6) is 0.796. The van der Waals surface area contributed by atoms with Crippen LogP contribution in [-0.4, -0.2) is 49.2 Å². The molecule has 2 rings (SSSR count). The molecule has 1 saturated heterocycles. The number of hydrogen-bond acceptors (Lipinski definition) is 4. The van der Waals surface area contributed by atoms with E-state index in [0.29, 0.717) is 12.6 Å². The second-order valence-electron chi connectivity index (χ2n) is 5.80. The first kappa shape index (κ1) is 14.8. The standard InChI is InChI=1S/C15H28N2O2/c1-3-12-6-5-7-13(10-12)17-9-8-16-11-14(17)15(18)19-4-2/h12-14,16H,3-11H2,1-2H3. The van der Waals surface area contributed by atoms with Crippen molar-refractivity contribution in [1.29, 1.82) is 0 Å². The lowest BCUT2D eigenvalue weighted by molar-refractivity contribution is -0.151. The summed E-state index contributed by atoms with van der Waals surface area (Å²) in [6.45, 7) is 7.35. The molecule has 0 aromatic rings. The smallest absolute Gasteiger partial charge is 0.324 e. The van der Waals surface area contributed by atoms with E-state index >= 15 is 0 Å². The van der Waals surface area contributed by atoms with E-state index in [1.165, 1.54) is 32.1 Å². The van der Waals surface area contributed by atoms with Crippen LogP contribution >= 0.6 is 0 Å². The van der Waals surface area contributed by atoms with Gasteiger partial charge in [0.05, 0.1) is 6.61 Å². The Balaban J connectivity index is 2.00. The van der Waals surface area contributed by atoms with E-state index in [4.69, 9.17) is 4.74 Å². The Morgan fingerprint density at radius 2 is 2.21 bits per heavy atom. The van der Waals surface area contributed by atoms with Crippen LogP contribution in [0.5, 0.6) is 0 Å². The summed E-state index contributed by atoms with van der Waals surface area (Å²) in [5.41, 5.74) is 0. The molecule has 2 fully saturated rings. The number of nitrogens with zero attached hydrogens (tertiary/aromatic N) is 1. The topological polar surface area (TPSA) is 41.6 Å². The number of carbonyl (C=O) groups is 1. The molecule has 0 radical (unpaired) electrons. The summed E-state index contributed by atoms with van der Waals surface area (Å²) in [5, 5.41) is 3.33. The van der Waals surface area contributed by atoms with Gasteiger partial charge in [0.2, 0.25) is 0 Å². The van der Waals surface area contributed by atoms with Crippen molar-refractivity contribution in [3.05, 3.63) is 0 Å². The summed E-state index contributed by atoms with van der Waals surface area (Å²) in [7, 11) is 0. The van der Waals surface area contributed by atoms with Crippen LogP contribution in [0.4, 0.5) is 0 Å². The van der Waals surface area contributed by atoms with Crippen LogP contribution in [0, 0.1) is 5.92 Å². The number of hydrogen-bond donors (Lipinski definition) is 1. The van der Waals surface area contributed by atoms with E-state index in [0.717, 1.165) is 25.6 Å². The Bertz CT molecular complexity index is 296. The lowest BCUT2D eigenvalue weighted by Gasteiger charge is -2.43. The normalized spacial score (nSPS) is 33.1. The molecule has 0 amide bonds. The van der Waals surface area contributed by atoms with Gasteiger partial charge in [0.15, 0.2) is 0 Å². The summed E-state index contributed by atoms with van der Waals surface area (Å²) in [6, 6.07) is 0.504. The largest absolute Gasteiger partial charge is 0.465 e. The Labute approximate surface area is 116 Å². The molecule has 1 aliphatic heterocycles. The highest BCUT2D eigenvalue weighted by atomic mass is 16.5.